The van der Waals surface area contributed by atoms with Crippen LogP contribution in [0.5, 0.6) is 0 Å². The first-order chi connectivity index (χ1) is 28.2. The number of aromatic nitrogens is 3. The number of hydrogen-bond donors (Lipinski definition) is 0. The zero-order chi connectivity index (χ0) is 39.8. The summed E-state index contributed by atoms with van der Waals surface area (Å²) in [5.74, 6) is 1.48. The fourth-order valence-electron chi connectivity index (χ4n) is 6.84. The zero-order valence-electron chi connectivity index (χ0n) is 34.0. The molecule has 10 rings (SSSR count). The van der Waals surface area contributed by atoms with E-state index < -0.39 is 30.2 Å². The van der Waals surface area contributed by atoms with Gasteiger partial charge in [-0.2, -0.15) is 0 Å². The normalized spacial score (nSPS) is 13.5. The van der Waals surface area contributed by atoms with Gasteiger partial charge in [-0.3, -0.25) is 0 Å². The monoisotopic (exact) mass is 658 g/mol. The molecule has 0 amide bonds. The van der Waals surface area contributed by atoms with Crippen molar-refractivity contribution >= 4 is 43.5 Å². The molecule has 238 valence electrons. The summed E-state index contributed by atoms with van der Waals surface area (Å²) in [5.41, 5.74) is 3.73. The van der Waals surface area contributed by atoms with E-state index in [0.29, 0.717) is 45.0 Å². The lowest BCUT2D eigenvalue weighted by atomic mass is 9.90. The van der Waals surface area contributed by atoms with Crippen LogP contribution in [0.1, 0.15) is 9.60 Å². The van der Waals surface area contributed by atoms with Crippen molar-refractivity contribution in [3.8, 4) is 56.4 Å². The molecule has 0 spiro atoms. The largest absolute Gasteiger partial charge is 0.455 e. The highest BCUT2D eigenvalue weighted by molar-refractivity contribution is 6.21. The molecule has 51 heavy (non-hydrogen) atoms. The van der Waals surface area contributed by atoms with E-state index in [-0.39, 0.29) is 28.8 Å². The van der Waals surface area contributed by atoms with Crippen LogP contribution >= 0.6 is 0 Å². The molecule has 0 aliphatic heterocycles. The van der Waals surface area contributed by atoms with Crippen molar-refractivity contribution in [1.29, 1.82) is 0 Å². The van der Waals surface area contributed by atoms with Gasteiger partial charge in [0.2, 0.25) is 0 Å². The molecule has 4 heteroatoms. The van der Waals surface area contributed by atoms with Gasteiger partial charge in [-0.05, 0) is 62.6 Å². The van der Waals surface area contributed by atoms with E-state index in [4.69, 9.17) is 26.2 Å². The Kier molecular flexibility index (Phi) is 5.29. The Morgan fingerprint density at radius 1 is 0.412 bits per heavy atom. The molecule has 0 unspecified atom stereocenters. The summed E-state index contributed by atoms with van der Waals surface area (Å²) in [6, 6.07) is 39.6. The molecule has 0 bridgehead atoms. The topological polar surface area (TPSA) is 51.8 Å². The number of benzene rings is 8. The van der Waals surface area contributed by atoms with Gasteiger partial charge in [0.25, 0.3) is 0 Å². The Hall–Kier alpha value is -6.91. The summed E-state index contributed by atoms with van der Waals surface area (Å²) >= 11 is 0. The van der Waals surface area contributed by atoms with Crippen molar-refractivity contribution in [3.05, 3.63) is 176 Å². The predicted octanol–water partition coefficient (Wildman–Crippen LogP) is 12.4. The molecule has 0 saturated heterocycles. The van der Waals surface area contributed by atoms with Gasteiger partial charge in [-0.25, -0.2) is 15.0 Å². The first kappa shape index (κ1) is 22.7. The summed E-state index contributed by atoms with van der Waals surface area (Å²) in [6.07, 6.45) is 0. The molecule has 0 N–H and O–H groups in total. The molecule has 0 saturated carbocycles. The first-order valence-corrected chi connectivity index (χ1v) is 16.5. The Morgan fingerprint density at radius 2 is 1.00 bits per heavy atom. The van der Waals surface area contributed by atoms with E-state index in [0.717, 1.165) is 38.2 Å². The fourth-order valence-corrected chi connectivity index (χ4v) is 6.84. The molecular weight excluding hydrogens is 623 g/mol. The van der Waals surface area contributed by atoms with Crippen LogP contribution in [0.25, 0.3) is 99.9 Å². The van der Waals surface area contributed by atoms with Gasteiger partial charge in [0.1, 0.15) is 11.2 Å². The number of furan rings is 1. The van der Waals surface area contributed by atoms with Crippen molar-refractivity contribution < 1.29 is 14.0 Å². The lowest BCUT2D eigenvalue weighted by Crippen LogP contribution is -2.00. The standard InChI is InChI=1S/C47H29N3O/c1-4-14-30(15-5-1)34-28-41(43-40-25-24-31-16-10-11-21-35(31)44(40)51-42(43)29-34)38-26-27-39(37-23-13-12-22-36(37)38)47-49-45(32-17-6-2-7-18-32)48-46(50-47)33-19-8-3-9-20-33/h1-29H/i1D,4D,5D,14D,15D,28D,29D. The van der Waals surface area contributed by atoms with Gasteiger partial charge in [0.05, 0.1) is 9.60 Å². The van der Waals surface area contributed by atoms with Crippen molar-refractivity contribution in [2.45, 2.75) is 0 Å². The first-order valence-electron chi connectivity index (χ1n) is 20.0. The van der Waals surface area contributed by atoms with Crippen LogP contribution in [-0.4, -0.2) is 15.0 Å². The van der Waals surface area contributed by atoms with Gasteiger partial charge >= 0.3 is 0 Å². The van der Waals surface area contributed by atoms with Gasteiger partial charge in [-0.15, -0.1) is 0 Å². The van der Waals surface area contributed by atoms with E-state index >= 15 is 0 Å². The van der Waals surface area contributed by atoms with E-state index in [2.05, 4.69) is 0 Å². The third kappa shape index (κ3) is 4.96. The molecular formula is C47H29N3O. The number of rotatable bonds is 5. The van der Waals surface area contributed by atoms with E-state index in [1.54, 1.807) is 0 Å². The smallest absolute Gasteiger partial charge is 0.164 e. The highest BCUT2D eigenvalue weighted by Crippen LogP contribution is 2.45. The van der Waals surface area contributed by atoms with Crippen molar-refractivity contribution in [2.24, 2.45) is 0 Å². The third-order valence-electron chi connectivity index (χ3n) is 9.20. The quantitative estimate of drug-likeness (QED) is 0.185. The lowest BCUT2D eigenvalue weighted by Gasteiger charge is -2.15. The van der Waals surface area contributed by atoms with Crippen LogP contribution in [0.2, 0.25) is 0 Å². The molecule has 0 atom stereocenters. The zero-order valence-corrected chi connectivity index (χ0v) is 27.0. The predicted molar refractivity (Wildman–Crippen MR) is 209 cm³/mol. The average Bonchev–Trinajstić information content (AvgIpc) is 3.67. The molecule has 0 fully saturated rings. The Balaban J connectivity index is 1.31. The lowest BCUT2D eigenvalue weighted by molar-refractivity contribution is 0.673. The minimum absolute atomic E-state index is 0.117. The summed E-state index contributed by atoms with van der Waals surface area (Å²) in [6.45, 7) is 0. The van der Waals surface area contributed by atoms with E-state index in [1.165, 1.54) is 0 Å². The minimum atomic E-state index is -0.556. The Labute approximate surface area is 304 Å². The van der Waals surface area contributed by atoms with E-state index in [1.807, 2.05) is 133 Å². The molecule has 10 aromatic rings. The molecule has 0 aliphatic carbocycles. The minimum Gasteiger partial charge on any atom is -0.455 e. The highest BCUT2D eigenvalue weighted by atomic mass is 16.3. The maximum absolute atomic E-state index is 9.92. The Bertz CT molecular complexity index is 3230. The second-order valence-corrected chi connectivity index (χ2v) is 12.2. The second-order valence-electron chi connectivity index (χ2n) is 12.2. The molecule has 0 aliphatic rings. The van der Waals surface area contributed by atoms with Crippen molar-refractivity contribution in [1.82, 2.24) is 15.0 Å². The summed E-state index contributed by atoms with van der Waals surface area (Å²) in [5, 5.41) is 4.48. The average molecular weight is 659 g/mol. The SMILES string of the molecule is [2H]c1c([2H])c([2H])c(-c2c([2H])c(-c3ccc(-c4nc(-c5ccccc5)nc(-c5ccccc5)n4)c4ccccc34)c3c(oc4c5ccccc5ccc43)c2[2H])c([2H])c1[2H]. The van der Waals surface area contributed by atoms with Gasteiger partial charge < -0.3 is 4.42 Å². The Morgan fingerprint density at radius 3 is 1.71 bits per heavy atom. The summed E-state index contributed by atoms with van der Waals surface area (Å²) in [4.78, 5) is 14.9. The van der Waals surface area contributed by atoms with Gasteiger partial charge in [0, 0.05) is 32.8 Å². The summed E-state index contributed by atoms with van der Waals surface area (Å²) in [7, 11) is 0. The maximum Gasteiger partial charge on any atom is 0.164 e. The third-order valence-corrected chi connectivity index (χ3v) is 9.20. The van der Waals surface area contributed by atoms with E-state index in [9.17, 15) is 2.74 Å². The number of hydrogen-bond acceptors (Lipinski definition) is 4. The van der Waals surface area contributed by atoms with Crippen LogP contribution in [0.4, 0.5) is 0 Å². The summed E-state index contributed by atoms with van der Waals surface area (Å²) < 4.78 is 69.0. The molecule has 2 heterocycles. The second kappa shape index (κ2) is 11.9. The fraction of sp³-hybridized carbons (Fsp3) is 0. The van der Waals surface area contributed by atoms with Crippen LogP contribution in [0.15, 0.2) is 180 Å². The number of nitrogens with zero attached hydrogens (tertiary/aromatic N) is 3. The highest BCUT2D eigenvalue weighted by Gasteiger charge is 2.20. The van der Waals surface area contributed by atoms with Gasteiger partial charge in [-0.1, -0.05) is 152 Å². The molecule has 8 aromatic carbocycles. The van der Waals surface area contributed by atoms with Crippen molar-refractivity contribution in [2.75, 3.05) is 0 Å². The maximum atomic E-state index is 9.92. The van der Waals surface area contributed by atoms with Crippen LogP contribution in [0.3, 0.4) is 0 Å². The molecule has 4 nitrogen and oxygen atoms in total. The van der Waals surface area contributed by atoms with Crippen molar-refractivity contribution in [3.63, 3.8) is 0 Å². The number of fused-ring (bicyclic) bond motifs is 6. The van der Waals surface area contributed by atoms with Crippen LogP contribution < -0.4 is 0 Å². The van der Waals surface area contributed by atoms with Crippen LogP contribution in [0, 0.1) is 0 Å². The molecule has 2 aromatic heterocycles. The molecule has 0 radical (unpaired) electrons. The van der Waals surface area contributed by atoms with Gasteiger partial charge in [0.15, 0.2) is 17.5 Å². The van der Waals surface area contributed by atoms with Crippen LogP contribution in [-0.2, 0) is 0 Å².